The molecule has 0 fully saturated rings. The lowest BCUT2D eigenvalue weighted by Gasteiger charge is -2.16. The number of halogens is 1. The number of aromatic nitrogens is 2. The van der Waals surface area contributed by atoms with Crippen molar-refractivity contribution in [1.82, 2.24) is 9.97 Å². The number of unbranched alkanes of at least 4 members (excludes halogenated alkanes) is 3. The number of nitrogens with zero attached hydrogens (tertiary/aromatic N) is 2. The molecule has 1 N–H and O–H groups in total. The van der Waals surface area contributed by atoms with Crippen molar-refractivity contribution >= 4 is 17.5 Å². The number of anilines is 1. The Kier molecular flexibility index (Phi) is 5.24. The lowest BCUT2D eigenvalue weighted by molar-refractivity contribution is 0.660. The largest absolute Gasteiger partial charge is 0.354 e. The third-order valence-electron chi connectivity index (χ3n) is 3.45. The molecule has 0 amide bonds. The first-order chi connectivity index (χ1) is 8.81. The van der Waals surface area contributed by atoms with E-state index in [0.717, 1.165) is 25.1 Å². The molecule has 0 saturated heterocycles. The van der Waals surface area contributed by atoms with Gasteiger partial charge in [0.05, 0.1) is 5.69 Å². The Balaban J connectivity index is 1.91. The molecule has 0 radical (unpaired) electrons. The molecule has 0 saturated carbocycles. The highest BCUT2D eigenvalue weighted by molar-refractivity contribution is 6.30. The lowest BCUT2D eigenvalue weighted by Crippen LogP contribution is -2.12. The van der Waals surface area contributed by atoms with Crippen molar-refractivity contribution in [2.24, 2.45) is 0 Å². The van der Waals surface area contributed by atoms with Crippen LogP contribution in [-0.4, -0.2) is 16.5 Å². The van der Waals surface area contributed by atoms with Gasteiger partial charge in [-0.1, -0.05) is 37.8 Å². The smallest absolute Gasteiger partial charge is 0.224 e. The van der Waals surface area contributed by atoms with Gasteiger partial charge in [0.15, 0.2) is 0 Å². The molecule has 0 spiro atoms. The second-order valence-corrected chi connectivity index (χ2v) is 5.32. The SMILES string of the molecule is CCCCCCNc1nc(Cl)c2c(n1)CCCC2. The van der Waals surface area contributed by atoms with Crippen LogP contribution in [0.4, 0.5) is 5.95 Å². The second kappa shape index (κ2) is 6.93. The molecule has 18 heavy (non-hydrogen) atoms. The maximum Gasteiger partial charge on any atom is 0.224 e. The van der Waals surface area contributed by atoms with Crippen LogP contribution >= 0.6 is 11.6 Å². The van der Waals surface area contributed by atoms with Gasteiger partial charge in [0.2, 0.25) is 5.95 Å². The predicted octanol–water partition coefficient (Wildman–Crippen LogP) is 4.00. The minimum atomic E-state index is 0.649. The molecule has 0 bridgehead atoms. The molecular formula is C14H22ClN3. The van der Waals surface area contributed by atoms with Crippen LogP contribution in [0, 0.1) is 0 Å². The molecule has 3 nitrogen and oxygen atoms in total. The second-order valence-electron chi connectivity index (χ2n) is 4.96. The topological polar surface area (TPSA) is 37.8 Å². The first-order valence-electron chi connectivity index (χ1n) is 7.10. The molecule has 1 aliphatic rings. The molecule has 1 aromatic heterocycles. The van der Waals surface area contributed by atoms with Crippen LogP contribution in [0.2, 0.25) is 5.15 Å². The van der Waals surface area contributed by atoms with Gasteiger partial charge in [0.25, 0.3) is 0 Å². The van der Waals surface area contributed by atoms with Gasteiger partial charge in [-0.05, 0) is 32.1 Å². The minimum Gasteiger partial charge on any atom is -0.354 e. The summed E-state index contributed by atoms with van der Waals surface area (Å²) in [6.45, 7) is 3.16. The summed E-state index contributed by atoms with van der Waals surface area (Å²) >= 11 is 6.22. The van der Waals surface area contributed by atoms with E-state index in [1.807, 2.05) is 0 Å². The molecule has 1 heterocycles. The quantitative estimate of drug-likeness (QED) is 0.625. The van der Waals surface area contributed by atoms with E-state index in [1.54, 1.807) is 0 Å². The van der Waals surface area contributed by atoms with E-state index in [0.29, 0.717) is 11.1 Å². The molecule has 4 heteroatoms. The Morgan fingerprint density at radius 2 is 1.94 bits per heavy atom. The van der Waals surface area contributed by atoms with Gasteiger partial charge in [-0.15, -0.1) is 0 Å². The van der Waals surface area contributed by atoms with Crippen LogP contribution in [0.3, 0.4) is 0 Å². The average molecular weight is 268 g/mol. The van der Waals surface area contributed by atoms with Gasteiger partial charge < -0.3 is 5.32 Å². The van der Waals surface area contributed by atoms with E-state index in [9.17, 15) is 0 Å². The van der Waals surface area contributed by atoms with Crippen LogP contribution in [-0.2, 0) is 12.8 Å². The first-order valence-corrected chi connectivity index (χ1v) is 7.48. The van der Waals surface area contributed by atoms with Crippen molar-refractivity contribution in [3.8, 4) is 0 Å². The Hall–Kier alpha value is -0.830. The highest BCUT2D eigenvalue weighted by Gasteiger charge is 2.16. The number of hydrogen-bond acceptors (Lipinski definition) is 3. The maximum atomic E-state index is 6.22. The van der Waals surface area contributed by atoms with E-state index in [1.165, 1.54) is 44.1 Å². The number of rotatable bonds is 6. The number of nitrogens with one attached hydrogen (secondary N) is 1. The van der Waals surface area contributed by atoms with Crippen LogP contribution in [0.5, 0.6) is 0 Å². The third-order valence-corrected chi connectivity index (χ3v) is 3.76. The van der Waals surface area contributed by atoms with Gasteiger partial charge in [-0.25, -0.2) is 9.97 Å². The molecule has 1 aromatic rings. The minimum absolute atomic E-state index is 0.649. The fourth-order valence-corrected chi connectivity index (χ4v) is 2.66. The highest BCUT2D eigenvalue weighted by Crippen LogP contribution is 2.26. The molecule has 2 rings (SSSR count). The van der Waals surface area contributed by atoms with E-state index < -0.39 is 0 Å². The standard InChI is InChI=1S/C14H22ClN3/c1-2-3-4-7-10-16-14-17-12-9-6-5-8-11(12)13(15)18-14/h2-10H2,1H3,(H,16,17,18). The zero-order valence-electron chi connectivity index (χ0n) is 11.1. The van der Waals surface area contributed by atoms with E-state index in [2.05, 4.69) is 22.2 Å². The van der Waals surface area contributed by atoms with Crippen LogP contribution < -0.4 is 5.32 Å². The van der Waals surface area contributed by atoms with Gasteiger partial charge in [0.1, 0.15) is 5.15 Å². The van der Waals surface area contributed by atoms with E-state index in [-0.39, 0.29) is 0 Å². The molecule has 1 aliphatic carbocycles. The third kappa shape index (κ3) is 3.58. The summed E-state index contributed by atoms with van der Waals surface area (Å²) in [5, 5.41) is 3.94. The van der Waals surface area contributed by atoms with Crippen LogP contribution in [0.25, 0.3) is 0 Å². The van der Waals surface area contributed by atoms with Gasteiger partial charge in [-0.3, -0.25) is 0 Å². The maximum absolute atomic E-state index is 6.22. The normalized spacial score (nSPS) is 14.3. The summed E-state index contributed by atoms with van der Waals surface area (Å²) in [7, 11) is 0. The summed E-state index contributed by atoms with van der Waals surface area (Å²) in [5.74, 6) is 0.706. The van der Waals surface area contributed by atoms with Gasteiger partial charge >= 0.3 is 0 Å². The molecule has 0 aromatic carbocycles. The van der Waals surface area contributed by atoms with Crippen molar-refractivity contribution in [3.05, 3.63) is 16.4 Å². The van der Waals surface area contributed by atoms with Crippen LogP contribution in [0.1, 0.15) is 56.7 Å². The average Bonchev–Trinajstić information content (AvgIpc) is 2.39. The van der Waals surface area contributed by atoms with Gasteiger partial charge in [0, 0.05) is 12.1 Å². The predicted molar refractivity (Wildman–Crippen MR) is 76.3 cm³/mol. The van der Waals surface area contributed by atoms with Crippen molar-refractivity contribution < 1.29 is 0 Å². The first kappa shape index (κ1) is 13.6. The summed E-state index contributed by atoms with van der Waals surface area (Å²) in [5.41, 5.74) is 2.32. The van der Waals surface area contributed by atoms with E-state index >= 15 is 0 Å². The monoisotopic (exact) mass is 267 g/mol. The summed E-state index contributed by atoms with van der Waals surface area (Å²) in [6, 6.07) is 0. The number of fused-ring (bicyclic) bond motifs is 1. The van der Waals surface area contributed by atoms with Gasteiger partial charge in [-0.2, -0.15) is 0 Å². The lowest BCUT2D eigenvalue weighted by atomic mass is 9.97. The summed E-state index contributed by atoms with van der Waals surface area (Å²) < 4.78 is 0. The zero-order valence-corrected chi connectivity index (χ0v) is 11.9. The Bertz CT molecular complexity index is 393. The number of hydrogen-bond donors (Lipinski definition) is 1. The van der Waals surface area contributed by atoms with Crippen molar-refractivity contribution in [2.75, 3.05) is 11.9 Å². The fraction of sp³-hybridized carbons (Fsp3) is 0.714. The Labute approximate surface area is 114 Å². The molecule has 0 unspecified atom stereocenters. The molecule has 100 valence electrons. The Morgan fingerprint density at radius 1 is 1.11 bits per heavy atom. The molecule has 0 atom stereocenters. The molecule has 0 aliphatic heterocycles. The fourth-order valence-electron chi connectivity index (χ4n) is 2.38. The van der Waals surface area contributed by atoms with E-state index in [4.69, 9.17) is 11.6 Å². The summed E-state index contributed by atoms with van der Waals surface area (Å²) in [6.07, 6.45) is 9.51. The van der Waals surface area contributed by atoms with Crippen molar-refractivity contribution in [1.29, 1.82) is 0 Å². The number of aryl methyl sites for hydroxylation is 1. The zero-order chi connectivity index (χ0) is 12.8. The summed E-state index contributed by atoms with van der Waals surface area (Å²) in [4.78, 5) is 8.93. The Morgan fingerprint density at radius 3 is 2.78 bits per heavy atom. The van der Waals surface area contributed by atoms with Crippen molar-refractivity contribution in [2.45, 2.75) is 58.3 Å². The van der Waals surface area contributed by atoms with Crippen LogP contribution in [0.15, 0.2) is 0 Å². The molecular weight excluding hydrogens is 246 g/mol. The highest BCUT2D eigenvalue weighted by atomic mass is 35.5. The van der Waals surface area contributed by atoms with Crippen molar-refractivity contribution in [3.63, 3.8) is 0 Å².